The lowest BCUT2D eigenvalue weighted by Crippen LogP contribution is -2.19. The van der Waals surface area contributed by atoms with Crippen molar-refractivity contribution in [1.29, 1.82) is 0 Å². The summed E-state index contributed by atoms with van der Waals surface area (Å²) in [6.45, 7) is 5.15. The van der Waals surface area contributed by atoms with Gasteiger partial charge in [-0.3, -0.25) is 0 Å². The predicted molar refractivity (Wildman–Crippen MR) is 141 cm³/mol. The molecule has 0 saturated carbocycles. The van der Waals surface area contributed by atoms with Crippen molar-refractivity contribution in [1.82, 2.24) is 0 Å². The van der Waals surface area contributed by atoms with Crippen molar-refractivity contribution in [3.05, 3.63) is 48.0 Å². The molecule has 0 unspecified atom stereocenters. The Labute approximate surface area is 210 Å². The molecule has 0 heterocycles. The summed E-state index contributed by atoms with van der Waals surface area (Å²) in [4.78, 5) is 12.5. The second kappa shape index (κ2) is 15.4. The number of nitrogens with two attached hydrogens (primary N) is 1. The molecule has 2 aromatic rings. The van der Waals surface area contributed by atoms with E-state index in [0.29, 0.717) is 18.0 Å². The molecule has 0 radical (unpaired) electrons. The van der Waals surface area contributed by atoms with Gasteiger partial charge >= 0.3 is 5.97 Å². The molecule has 0 bridgehead atoms. The van der Waals surface area contributed by atoms with Crippen LogP contribution in [-0.4, -0.2) is 27.5 Å². The second-order valence-corrected chi connectivity index (χ2v) is 10.2. The number of carbonyl (C=O) groups is 1. The van der Waals surface area contributed by atoms with Crippen molar-refractivity contribution in [3.63, 3.8) is 0 Å². The van der Waals surface area contributed by atoms with Crippen LogP contribution < -0.4 is 15.2 Å². The zero-order valence-corrected chi connectivity index (χ0v) is 21.9. The van der Waals surface area contributed by atoms with Crippen LogP contribution in [0.25, 0.3) is 0 Å². The number of anilines is 1. The van der Waals surface area contributed by atoms with E-state index < -0.39 is 16.0 Å². The molecule has 0 aliphatic rings. The zero-order valence-electron chi connectivity index (χ0n) is 21.1. The van der Waals surface area contributed by atoms with E-state index in [2.05, 4.69) is 19.2 Å². The first kappa shape index (κ1) is 28.7. The van der Waals surface area contributed by atoms with E-state index in [1.807, 2.05) is 18.2 Å². The Balaban J connectivity index is 2.14. The Morgan fingerprint density at radius 3 is 2.14 bits per heavy atom. The minimum atomic E-state index is -4.19. The summed E-state index contributed by atoms with van der Waals surface area (Å²) in [6, 6.07) is 11.8. The average Bonchev–Trinajstić information content (AvgIpc) is 2.83. The summed E-state index contributed by atoms with van der Waals surface area (Å²) in [5, 5.41) is 8.71. The van der Waals surface area contributed by atoms with Crippen LogP contribution in [0.5, 0.6) is 11.5 Å². The fraction of sp³-hybridized carbons (Fsp3) is 0.519. The molecular weight excluding hydrogens is 464 g/mol. The highest BCUT2D eigenvalue weighted by Crippen LogP contribution is 2.34. The lowest BCUT2D eigenvalue weighted by Gasteiger charge is -2.17. The number of primary sulfonamides is 1. The van der Waals surface area contributed by atoms with Crippen LogP contribution in [0.15, 0.2) is 47.4 Å². The Morgan fingerprint density at radius 2 is 1.51 bits per heavy atom. The van der Waals surface area contributed by atoms with E-state index in [1.54, 1.807) is 12.1 Å². The molecule has 0 aliphatic heterocycles. The Morgan fingerprint density at radius 1 is 0.886 bits per heavy atom. The van der Waals surface area contributed by atoms with E-state index >= 15 is 0 Å². The molecule has 0 saturated heterocycles. The Bertz CT molecular complexity index is 1010. The molecule has 0 aliphatic carbocycles. The summed E-state index contributed by atoms with van der Waals surface area (Å²) in [6.07, 6.45) is 10.9. The van der Waals surface area contributed by atoms with Crippen molar-refractivity contribution in [2.24, 2.45) is 5.14 Å². The third-order valence-electron chi connectivity index (χ3n) is 5.66. The Kier molecular flexibility index (Phi) is 12.6. The van der Waals surface area contributed by atoms with Gasteiger partial charge in [0.05, 0.1) is 17.9 Å². The van der Waals surface area contributed by atoms with Gasteiger partial charge in [0.15, 0.2) is 5.75 Å². The van der Waals surface area contributed by atoms with E-state index in [-0.39, 0.29) is 22.8 Å². The lowest BCUT2D eigenvalue weighted by molar-refractivity contribution is 0.0493. The molecule has 0 atom stereocenters. The summed E-state index contributed by atoms with van der Waals surface area (Å²) in [7, 11) is -4.19. The smallest absolute Gasteiger partial charge is 0.339 e. The quantitative estimate of drug-likeness (QED) is 0.185. The molecule has 0 aromatic heterocycles. The standard InChI is InChI=1S/C27H40N2O5S/c1-3-5-7-8-9-10-11-15-19-33-27(30)23-20-24(29-18-6-4-2)25(21-26(23)35(28,31)32)34-22-16-13-12-14-17-22/h12-14,16-17,20-21,29H,3-11,15,18-19H2,1-2H3,(H2,28,31,32). The highest BCUT2D eigenvalue weighted by Gasteiger charge is 2.24. The number of rotatable bonds is 17. The van der Waals surface area contributed by atoms with Gasteiger partial charge in [0, 0.05) is 12.6 Å². The van der Waals surface area contributed by atoms with Crippen LogP contribution >= 0.6 is 0 Å². The van der Waals surface area contributed by atoms with Gasteiger partial charge in [-0.05, 0) is 31.0 Å². The van der Waals surface area contributed by atoms with Gasteiger partial charge in [0.25, 0.3) is 0 Å². The molecule has 194 valence electrons. The number of esters is 1. The van der Waals surface area contributed by atoms with Crippen molar-refractivity contribution in [2.45, 2.75) is 83.0 Å². The topological polar surface area (TPSA) is 108 Å². The maximum Gasteiger partial charge on any atom is 0.339 e. The third kappa shape index (κ3) is 10.3. The second-order valence-electron chi connectivity index (χ2n) is 8.70. The van der Waals surface area contributed by atoms with Crippen molar-refractivity contribution < 1.29 is 22.7 Å². The van der Waals surface area contributed by atoms with E-state index in [1.165, 1.54) is 44.2 Å². The maximum absolute atomic E-state index is 12.9. The molecule has 2 aromatic carbocycles. The zero-order chi connectivity index (χ0) is 25.5. The SMILES string of the molecule is CCCCCCCCCCOC(=O)c1cc(NCCCC)c(Oc2ccccc2)cc1S(N)(=O)=O. The number of hydrogen-bond donors (Lipinski definition) is 2. The number of benzene rings is 2. The third-order valence-corrected chi connectivity index (χ3v) is 6.61. The number of para-hydroxylation sites is 1. The highest BCUT2D eigenvalue weighted by molar-refractivity contribution is 7.89. The van der Waals surface area contributed by atoms with Crippen LogP contribution in [0.2, 0.25) is 0 Å². The van der Waals surface area contributed by atoms with Crippen LogP contribution in [0.3, 0.4) is 0 Å². The number of sulfonamides is 1. The van der Waals surface area contributed by atoms with Crippen molar-refractivity contribution in [2.75, 3.05) is 18.5 Å². The molecule has 35 heavy (non-hydrogen) atoms. The van der Waals surface area contributed by atoms with Crippen LogP contribution in [-0.2, 0) is 14.8 Å². The molecule has 0 fully saturated rings. The summed E-state index contributed by atoms with van der Waals surface area (Å²) < 4.78 is 36.1. The molecular formula is C27H40N2O5S. The van der Waals surface area contributed by atoms with Gasteiger partial charge in [-0.2, -0.15) is 0 Å². The van der Waals surface area contributed by atoms with E-state index in [9.17, 15) is 13.2 Å². The molecule has 0 spiro atoms. The number of unbranched alkanes of at least 4 members (excludes halogenated alkanes) is 8. The van der Waals surface area contributed by atoms with Crippen LogP contribution in [0.1, 0.15) is 88.4 Å². The van der Waals surface area contributed by atoms with Crippen molar-refractivity contribution >= 4 is 21.7 Å². The summed E-state index contributed by atoms with van der Waals surface area (Å²) in [5.41, 5.74) is 0.417. The average molecular weight is 505 g/mol. The maximum atomic E-state index is 12.9. The Hall–Kier alpha value is -2.58. The molecule has 7 nitrogen and oxygen atoms in total. The number of carbonyl (C=O) groups excluding carboxylic acids is 1. The summed E-state index contributed by atoms with van der Waals surface area (Å²) >= 11 is 0. The van der Waals surface area contributed by atoms with Gasteiger partial charge in [-0.15, -0.1) is 0 Å². The number of ether oxygens (including phenoxy) is 2. The molecule has 2 rings (SSSR count). The number of hydrogen-bond acceptors (Lipinski definition) is 6. The minimum Gasteiger partial charge on any atom is -0.462 e. The van der Waals surface area contributed by atoms with Gasteiger partial charge < -0.3 is 14.8 Å². The first-order valence-corrected chi connectivity index (χ1v) is 14.3. The fourth-order valence-electron chi connectivity index (χ4n) is 3.67. The van der Waals surface area contributed by atoms with Crippen LogP contribution in [0.4, 0.5) is 5.69 Å². The van der Waals surface area contributed by atoms with Crippen molar-refractivity contribution in [3.8, 4) is 11.5 Å². The van der Waals surface area contributed by atoms with Gasteiger partial charge in [0.1, 0.15) is 10.6 Å². The van der Waals surface area contributed by atoms with Crippen LogP contribution in [0, 0.1) is 0 Å². The highest BCUT2D eigenvalue weighted by atomic mass is 32.2. The number of nitrogens with one attached hydrogen (secondary N) is 1. The molecule has 8 heteroatoms. The first-order chi connectivity index (χ1) is 16.9. The predicted octanol–water partition coefficient (Wildman–Crippen LogP) is 6.64. The summed E-state index contributed by atoms with van der Waals surface area (Å²) in [5.74, 6) is 0.106. The van der Waals surface area contributed by atoms with Gasteiger partial charge in [-0.25, -0.2) is 18.4 Å². The normalized spacial score (nSPS) is 11.3. The molecule has 0 amide bonds. The monoisotopic (exact) mass is 504 g/mol. The fourth-order valence-corrected chi connectivity index (χ4v) is 4.39. The molecule has 3 N–H and O–H groups in total. The van der Waals surface area contributed by atoms with E-state index in [0.717, 1.165) is 32.1 Å². The van der Waals surface area contributed by atoms with Gasteiger partial charge in [-0.1, -0.05) is 83.4 Å². The van der Waals surface area contributed by atoms with Gasteiger partial charge in [0.2, 0.25) is 10.0 Å². The largest absolute Gasteiger partial charge is 0.462 e. The van der Waals surface area contributed by atoms with E-state index in [4.69, 9.17) is 14.6 Å². The first-order valence-electron chi connectivity index (χ1n) is 12.7. The lowest BCUT2D eigenvalue weighted by atomic mass is 10.1. The minimum absolute atomic E-state index is 0.0912.